The summed E-state index contributed by atoms with van der Waals surface area (Å²) in [6.07, 6.45) is -0.679. The maximum atomic E-state index is 12.3. The van der Waals surface area contributed by atoms with Gasteiger partial charge in [-0.25, -0.2) is 4.98 Å². The number of nitrogens with zero attached hydrogens (tertiary/aromatic N) is 2. The Bertz CT molecular complexity index is 845. The van der Waals surface area contributed by atoms with Crippen LogP contribution in [0.5, 0.6) is 5.75 Å². The van der Waals surface area contributed by atoms with Gasteiger partial charge < -0.3 is 10.1 Å². The number of hydrogen-bond donors (Lipinski definition) is 2. The molecule has 1 atom stereocenters. The number of fused-ring (bicyclic) bond motifs is 1. The Morgan fingerprint density at radius 1 is 1.26 bits per heavy atom. The normalized spacial score (nSPS) is 12.1. The molecule has 7 heteroatoms. The molecule has 0 aliphatic rings. The lowest BCUT2D eigenvalue weighted by Crippen LogP contribution is -2.30. The van der Waals surface area contributed by atoms with Gasteiger partial charge in [0.2, 0.25) is 0 Å². The Kier molecular flexibility index (Phi) is 4.16. The first-order valence-electron chi connectivity index (χ1n) is 7.08. The van der Waals surface area contributed by atoms with Crippen LogP contribution in [-0.2, 0) is 4.79 Å². The molecule has 2 aromatic heterocycles. The SMILES string of the molecule is Cc1ccc2c(NC(=O)C(C)Oc3ccc(Cl)cc3)n[nH]c2n1. The summed E-state index contributed by atoms with van der Waals surface area (Å²) in [5, 5.41) is 11.0. The van der Waals surface area contributed by atoms with Gasteiger partial charge in [-0.1, -0.05) is 11.6 Å². The lowest BCUT2D eigenvalue weighted by molar-refractivity contribution is -0.122. The molecule has 0 bridgehead atoms. The van der Waals surface area contributed by atoms with E-state index in [-0.39, 0.29) is 5.91 Å². The fourth-order valence-corrected chi connectivity index (χ4v) is 2.21. The second kappa shape index (κ2) is 6.26. The topological polar surface area (TPSA) is 79.9 Å². The van der Waals surface area contributed by atoms with Crippen molar-refractivity contribution in [3.05, 3.63) is 47.1 Å². The number of aromatic amines is 1. The monoisotopic (exact) mass is 330 g/mol. The summed E-state index contributed by atoms with van der Waals surface area (Å²) in [7, 11) is 0. The Morgan fingerprint density at radius 2 is 2.00 bits per heavy atom. The van der Waals surface area contributed by atoms with Crippen LogP contribution in [0.25, 0.3) is 11.0 Å². The quantitative estimate of drug-likeness (QED) is 0.769. The second-order valence-electron chi connectivity index (χ2n) is 5.12. The lowest BCUT2D eigenvalue weighted by Gasteiger charge is -2.13. The number of hydrogen-bond acceptors (Lipinski definition) is 4. The summed E-state index contributed by atoms with van der Waals surface area (Å²) >= 11 is 5.82. The number of benzene rings is 1. The van der Waals surface area contributed by atoms with Crippen LogP contribution in [0.1, 0.15) is 12.6 Å². The zero-order chi connectivity index (χ0) is 16.4. The third kappa shape index (κ3) is 3.43. The van der Waals surface area contributed by atoms with E-state index in [9.17, 15) is 4.79 Å². The van der Waals surface area contributed by atoms with Crippen molar-refractivity contribution in [3.63, 3.8) is 0 Å². The number of nitrogens with one attached hydrogen (secondary N) is 2. The molecule has 2 heterocycles. The number of carbonyl (C=O) groups excluding carboxylic acids is 1. The first kappa shape index (κ1) is 15.3. The first-order chi connectivity index (χ1) is 11.0. The van der Waals surface area contributed by atoms with Crippen molar-refractivity contribution >= 4 is 34.4 Å². The maximum Gasteiger partial charge on any atom is 0.266 e. The highest BCUT2D eigenvalue weighted by molar-refractivity contribution is 6.30. The molecule has 6 nitrogen and oxygen atoms in total. The van der Waals surface area contributed by atoms with Gasteiger partial charge in [-0.05, 0) is 50.2 Å². The molecule has 0 spiro atoms. The number of halogens is 1. The average Bonchev–Trinajstić information content (AvgIpc) is 2.91. The smallest absolute Gasteiger partial charge is 0.266 e. The fraction of sp³-hybridized carbons (Fsp3) is 0.188. The Balaban J connectivity index is 1.71. The number of amides is 1. The minimum Gasteiger partial charge on any atom is -0.481 e. The number of H-pyrrole nitrogens is 1. The summed E-state index contributed by atoms with van der Waals surface area (Å²) in [6.45, 7) is 3.56. The zero-order valence-corrected chi connectivity index (χ0v) is 13.4. The van der Waals surface area contributed by atoms with E-state index in [0.717, 1.165) is 11.1 Å². The van der Waals surface area contributed by atoms with Crippen LogP contribution < -0.4 is 10.1 Å². The number of ether oxygens (including phenoxy) is 1. The van der Waals surface area contributed by atoms with Crippen LogP contribution in [0.2, 0.25) is 5.02 Å². The first-order valence-corrected chi connectivity index (χ1v) is 7.45. The van der Waals surface area contributed by atoms with Crippen molar-refractivity contribution in [1.29, 1.82) is 0 Å². The van der Waals surface area contributed by atoms with Crippen molar-refractivity contribution < 1.29 is 9.53 Å². The highest BCUT2D eigenvalue weighted by Gasteiger charge is 2.17. The molecule has 118 valence electrons. The molecular weight excluding hydrogens is 316 g/mol. The number of pyridine rings is 1. The summed E-state index contributed by atoms with van der Waals surface area (Å²) in [5.74, 6) is 0.708. The van der Waals surface area contributed by atoms with Crippen molar-refractivity contribution in [1.82, 2.24) is 15.2 Å². The molecule has 3 aromatic rings. The lowest BCUT2D eigenvalue weighted by atomic mass is 10.3. The number of carbonyl (C=O) groups is 1. The van der Waals surface area contributed by atoms with Gasteiger partial charge in [0.1, 0.15) is 5.75 Å². The highest BCUT2D eigenvalue weighted by Crippen LogP contribution is 2.20. The Labute approximate surface area is 137 Å². The van der Waals surface area contributed by atoms with E-state index in [1.54, 1.807) is 31.2 Å². The summed E-state index contributed by atoms with van der Waals surface area (Å²) < 4.78 is 5.59. The second-order valence-corrected chi connectivity index (χ2v) is 5.56. The Hall–Kier alpha value is -2.60. The largest absolute Gasteiger partial charge is 0.481 e. The summed E-state index contributed by atoms with van der Waals surface area (Å²) in [5.41, 5.74) is 1.50. The van der Waals surface area contributed by atoms with E-state index in [0.29, 0.717) is 22.2 Å². The third-order valence-electron chi connectivity index (χ3n) is 3.30. The van der Waals surface area contributed by atoms with Crippen LogP contribution in [-0.4, -0.2) is 27.2 Å². The molecule has 0 saturated carbocycles. The maximum absolute atomic E-state index is 12.3. The van der Waals surface area contributed by atoms with Crippen LogP contribution in [0.4, 0.5) is 5.82 Å². The van der Waals surface area contributed by atoms with Gasteiger partial charge >= 0.3 is 0 Å². The number of rotatable bonds is 4. The molecule has 0 saturated heterocycles. The van der Waals surface area contributed by atoms with Crippen LogP contribution in [0.15, 0.2) is 36.4 Å². The molecule has 1 amide bonds. The van der Waals surface area contributed by atoms with Gasteiger partial charge in [0.15, 0.2) is 17.6 Å². The molecule has 0 radical (unpaired) electrons. The van der Waals surface area contributed by atoms with Crippen molar-refractivity contribution in [2.45, 2.75) is 20.0 Å². The van der Waals surface area contributed by atoms with Crippen LogP contribution >= 0.6 is 11.6 Å². The molecule has 2 N–H and O–H groups in total. The summed E-state index contributed by atoms with van der Waals surface area (Å²) in [6, 6.07) is 10.6. The van der Waals surface area contributed by atoms with Gasteiger partial charge in [-0.3, -0.25) is 9.89 Å². The molecule has 1 unspecified atom stereocenters. The standard InChI is InChI=1S/C16H15ClN4O2/c1-9-3-8-13-14(18-9)20-21-15(13)19-16(22)10(2)23-12-6-4-11(17)5-7-12/h3-8,10H,1-2H3,(H2,18,19,20,21,22). The fourth-order valence-electron chi connectivity index (χ4n) is 2.09. The highest BCUT2D eigenvalue weighted by atomic mass is 35.5. The van der Waals surface area contributed by atoms with E-state index in [2.05, 4.69) is 20.5 Å². The van der Waals surface area contributed by atoms with E-state index in [1.807, 2.05) is 19.1 Å². The van der Waals surface area contributed by atoms with Gasteiger partial charge in [-0.15, -0.1) is 0 Å². The number of anilines is 1. The van der Waals surface area contributed by atoms with Crippen molar-refractivity contribution in [3.8, 4) is 5.75 Å². The average molecular weight is 331 g/mol. The third-order valence-corrected chi connectivity index (χ3v) is 3.55. The molecule has 0 aliphatic carbocycles. The van der Waals surface area contributed by atoms with E-state index in [1.165, 1.54) is 0 Å². The van der Waals surface area contributed by atoms with E-state index < -0.39 is 6.10 Å². The predicted octanol–water partition coefficient (Wildman–Crippen LogP) is 3.33. The molecule has 0 aliphatic heterocycles. The van der Waals surface area contributed by atoms with Crippen molar-refractivity contribution in [2.75, 3.05) is 5.32 Å². The van der Waals surface area contributed by atoms with E-state index in [4.69, 9.17) is 16.3 Å². The molecule has 1 aromatic carbocycles. The summed E-state index contributed by atoms with van der Waals surface area (Å²) in [4.78, 5) is 16.6. The number of aryl methyl sites for hydroxylation is 1. The number of aromatic nitrogens is 3. The molecular formula is C16H15ClN4O2. The molecule has 23 heavy (non-hydrogen) atoms. The van der Waals surface area contributed by atoms with Crippen molar-refractivity contribution in [2.24, 2.45) is 0 Å². The van der Waals surface area contributed by atoms with E-state index >= 15 is 0 Å². The molecule has 3 rings (SSSR count). The van der Waals surface area contributed by atoms with Gasteiger partial charge in [0, 0.05) is 10.7 Å². The van der Waals surface area contributed by atoms with Gasteiger partial charge in [-0.2, -0.15) is 5.10 Å². The minimum atomic E-state index is -0.679. The van der Waals surface area contributed by atoms with Crippen LogP contribution in [0.3, 0.4) is 0 Å². The Morgan fingerprint density at radius 3 is 2.74 bits per heavy atom. The van der Waals surface area contributed by atoms with Crippen LogP contribution in [0, 0.1) is 6.92 Å². The minimum absolute atomic E-state index is 0.297. The zero-order valence-electron chi connectivity index (χ0n) is 12.6. The molecule has 0 fully saturated rings. The van der Waals surface area contributed by atoms with Gasteiger partial charge in [0.25, 0.3) is 5.91 Å². The van der Waals surface area contributed by atoms with Gasteiger partial charge in [0.05, 0.1) is 5.39 Å². The predicted molar refractivity (Wildman–Crippen MR) is 88.8 cm³/mol.